The summed E-state index contributed by atoms with van der Waals surface area (Å²) in [6, 6.07) is 56.0. The number of benzene rings is 8. The highest BCUT2D eigenvalue weighted by molar-refractivity contribution is 6.36. The molecule has 11 rings (SSSR count). The van der Waals surface area contributed by atoms with Crippen LogP contribution in [0.25, 0.3) is 82.4 Å². The molecule has 9 aromatic rings. The number of rotatable bonds is 2. The van der Waals surface area contributed by atoms with Crippen molar-refractivity contribution < 1.29 is 0 Å². The van der Waals surface area contributed by atoms with E-state index in [-0.39, 0.29) is 5.41 Å². The summed E-state index contributed by atoms with van der Waals surface area (Å²) < 4.78 is 2.55. The number of fused-ring (bicyclic) bond motifs is 8. The van der Waals surface area contributed by atoms with Gasteiger partial charge in [-0.2, -0.15) is 0 Å². The van der Waals surface area contributed by atoms with Gasteiger partial charge in [0.15, 0.2) is 0 Å². The van der Waals surface area contributed by atoms with Crippen LogP contribution in [0.4, 0.5) is 0 Å². The van der Waals surface area contributed by atoms with Crippen LogP contribution in [0.1, 0.15) is 23.6 Å². The van der Waals surface area contributed by atoms with Crippen LogP contribution in [0.5, 0.6) is 0 Å². The van der Waals surface area contributed by atoms with Crippen LogP contribution in [-0.2, 0) is 5.41 Å². The fourth-order valence-electron chi connectivity index (χ4n) is 9.10. The third-order valence-corrected chi connectivity index (χ3v) is 11.6. The van der Waals surface area contributed by atoms with Crippen LogP contribution >= 0.6 is 11.6 Å². The van der Waals surface area contributed by atoms with Crippen LogP contribution in [-0.4, -0.2) is 4.57 Å². The minimum Gasteiger partial charge on any atom is -0.308 e. The van der Waals surface area contributed by atoms with E-state index in [4.69, 9.17) is 11.6 Å². The van der Waals surface area contributed by atoms with E-state index in [0.717, 1.165) is 10.4 Å². The molecule has 2 heteroatoms. The third kappa shape index (κ3) is 3.18. The lowest BCUT2D eigenvalue weighted by molar-refractivity contribution is 0.716. The molecule has 0 fully saturated rings. The molecule has 224 valence electrons. The molecule has 0 N–H and O–H groups in total. The van der Waals surface area contributed by atoms with Crippen LogP contribution in [0.15, 0.2) is 152 Å². The van der Waals surface area contributed by atoms with E-state index in [1.807, 2.05) is 6.07 Å². The molecule has 1 aliphatic heterocycles. The quantitative estimate of drug-likeness (QED) is 0.179. The first kappa shape index (κ1) is 26.4. The molecule has 0 saturated heterocycles. The minimum absolute atomic E-state index is 0.385. The molecule has 1 nitrogen and oxygen atoms in total. The second-order valence-corrected chi connectivity index (χ2v) is 13.9. The number of nitrogens with zero attached hydrogens (tertiary/aromatic N) is 1. The Balaban J connectivity index is 1.40. The van der Waals surface area contributed by atoms with Gasteiger partial charge in [0.1, 0.15) is 0 Å². The molecule has 48 heavy (non-hydrogen) atoms. The van der Waals surface area contributed by atoms with Crippen LogP contribution < -0.4 is 0 Å². The van der Waals surface area contributed by atoms with Gasteiger partial charge in [-0.05, 0) is 92.4 Å². The summed E-state index contributed by atoms with van der Waals surface area (Å²) in [5, 5.41) is 8.10. The van der Waals surface area contributed by atoms with E-state index < -0.39 is 0 Å². The summed E-state index contributed by atoms with van der Waals surface area (Å²) in [6.45, 7) is 2.45. The molecular formula is C46H28ClN. The smallest absolute Gasteiger partial charge is 0.0629 e. The molecule has 0 spiro atoms. The van der Waals surface area contributed by atoms with Gasteiger partial charge in [-0.15, -0.1) is 0 Å². The first-order chi connectivity index (χ1) is 23.6. The average Bonchev–Trinajstić information content (AvgIpc) is 3.57. The highest BCUT2D eigenvalue weighted by atomic mass is 35.5. The topological polar surface area (TPSA) is 4.93 Å². The van der Waals surface area contributed by atoms with Crippen molar-refractivity contribution in [2.45, 2.75) is 12.3 Å². The van der Waals surface area contributed by atoms with Crippen molar-refractivity contribution in [1.82, 2.24) is 4.57 Å². The molecule has 2 heterocycles. The Hall–Kier alpha value is -5.63. The lowest BCUT2D eigenvalue weighted by atomic mass is 9.73. The summed E-state index contributed by atoms with van der Waals surface area (Å²) in [5.74, 6) is 0. The van der Waals surface area contributed by atoms with Gasteiger partial charge in [0.2, 0.25) is 0 Å². The van der Waals surface area contributed by atoms with Crippen LogP contribution in [0, 0.1) is 0 Å². The number of para-hydroxylation sites is 2. The Morgan fingerprint density at radius 3 is 2.15 bits per heavy atom. The predicted octanol–water partition coefficient (Wildman–Crippen LogP) is 12.7. The molecule has 1 aliphatic carbocycles. The normalized spacial score (nSPS) is 15.8. The van der Waals surface area contributed by atoms with Gasteiger partial charge in [0.05, 0.1) is 16.7 Å². The predicted molar refractivity (Wildman–Crippen MR) is 203 cm³/mol. The zero-order valence-electron chi connectivity index (χ0n) is 26.3. The van der Waals surface area contributed by atoms with Gasteiger partial charge in [-0.3, -0.25) is 0 Å². The van der Waals surface area contributed by atoms with Crippen molar-refractivity contribution in [2.75, 3.05) is 0 Å². The number of aromatic nitrogens is 1. The summed E-state index contributed by atoms with van der Waals surface area (Å²) in [7, 11) is 0. The molecule has 1 unspecified atom stereocenters. The number of halogens is 1. The second kappa shape index (κ2) is 9.25. The maximum atomic E-state index is 6.84. The second-order valence-electron chi connectivity index (χ2n) is 13.5. The average molecular weight is 630 g/mol. The molecule has 0 saturated carbocycles. The minimum atomic E-state index is -0.385. The van der Waals surface area contributed by atoms with Gasteiger partial charge in [0, 0.05) is 37.7 Å². The van der Waals surface area contributed by atoms with E-state index in [2.05, 4.69) is 157 Å². The largest absolute Gasteiger partial charge is 0.308 e. The van der Waals surface area contributed by atoms with E-state index in [9.17, 15) is 0 Å². The van der Waals surface area contributed by atoms with Crippen molar-refractivity contribution in [2.24, 2.45) is 0 Å². The van der Waals surface area contributed by atoms with Crippen LogP contribution in [0.3, 0.4) is 0 Å². The summed E-state index contributed by atoms with van der Waals surface area (Å²) in [5.41, 5.74) is 15.1. The highest BCUT2D eigenvalue weighted by Crippen LogP contribution is 2.61. The van der Waals surface area contributed by atoms with Crippen molar-refractivity contribution in [3.8, 4) is 39.1 Å². The van der Waals surface area contributed by atoms with Crippen molar-refractivity contribution in [3.63, 3.8) is 0 Å². The first-order valence-electron chi connectivity index (χ1n) is 16.6. The molecule has 0 amide bonds. The van der Waals surface area contributed by atoms with E-state index >= 15 is 0 Å². The lowest BCUT2D eigenvalue weighted by Crippen LogP contribution is -2.22. The van der Waals surface area contributed by atoms with E-state index in [0.29, 0.717) is 0 Å². The molecule has 1 aromatic heterocycles. The fraction of sp³-hybridized carbons (Fsp3) is 0.0435. The summed E-state index contributed by atoms with van der Waals surface area (Å²) >= 11 is 6.84. The van der Waals surface area contributed by atoms with Gasteiger partial charge < -0.3 is 4.57 Å². The fourth-order valence-corrected chi connectivity index (χ4v) is 9.34. The number of hydrogen-bond acceptors (Lipinski definition) is 0. The zero-order chi connectivity index (χ0) is 31.7. The van der Waals surface area contributed by atoms with Crippen LogP contribution in [0.2, 0.25) is 5.02 Å². The number of hydrogen-bond donors (Lipinski definition) is 0. The lowest BCUT2D eigenvalue weighted by Gasteiger charge is -2.30. The first-order valence-corrected chi connectivity index (χ1v) is 17.0. The molecule has 0 bridgehead atoms. The maximum Gasteiger partial charge on any atom is 0.0629 e. The van der Waals surface area contributed by atoms with Gasteiger partial charge in [-0.25, -0.2) is 0 Å². The van der Waals surface area contributed by atoms with Gasteiger partial charge >= 0.3 is 0 Å². The summed E-state index contributed by atoms with van der Waals surface area (Å²) in [6.07, 6.45) is 0. The Morgan fingerprint density at radius 2 is 1.21 bits per heavy atom. The molecule has 8 aromatic carbocycles. The SMILES string of the molecule is CC1(c2ccc3ccccc3c2)c2cccc3c2-c2c1cc(-c1cccc4c(Cl)cccc14)c1c4ccccc4n(c21)-c1ccccc1-3. The molecular weight excluding hydrogens is 602 g/mol. The van der Waals surface area contributed by atoms with E-state index in [1.165, 1.54) is 93.7 Å². The van der Waals surface area contributed by atoms with Gasteiger partial charge in [0.25, 0.3) is 0 Å². The Labute approximate surface area is 283 Å². The Kier molecular flexibility index (Phi) is 5.10. The van der Waals surface area contributed by atoms with Crippen molar-refractivity contribution >= 4 is 55.0 Å². The third-order valence-electron chi connectivity index (χ3n) is 11.3. The monoisotopic (exact) mass is 629 g/mol. The Morgan fingerprint density at radius 1 is 0.500 bits per heavy atom. The van der Waals surface area contributed by atoms with E-state index in [1.54, 1.807) is 0 Å². The van der Waals surface area contributed by atoms with Gasteiger partial charge in [-0.1, -0.05) is 133 Å². The zero-order valence-corrected chi connectivity index (χ0v) is 27.0. The van der Waals surface area contributed by atoms with Crippen molar-refractivity contribution in [3.05, 3.63) is 173 Å². The molecule has 2 aliphatic rings. The Bertz CT molecular complexity index is 2870. The highest BCUT2D eigenvalue weighted by Gasteiger charge is 2.45. The summed E-state index contributed by atoms with van der Waals surface area (Å²) in [4.78, 5) is 0. The molecule has 0 radical (unpaired) electrons. The molecule has 1 atom stereocenters. The maximum absolute atomic E-state index is 6.84. The van der Waals surface area contributed by atoms with Crippen molar-refractivity contribution in [1.29, 1.82) is 0 Å². The standard InChI is InChI=1S/C46H28ClN/c1-46(29-24-23-27-11-2-3-12-28(27)25-29)37-19-9-18-34-33-13-4-6-21-40(33)48-41-22-7-5-14-35(41)42-36(26-38(46)44(43(34)37)45(42)48)31-15-8-17-32-30(31)16-10-20-39(32)47/h2-26H,1H3.